The number of amides is 2. The largest absolute Gasteiger partial charge is 0.339 e. The Bertz CT molecular complexity index is 643. The molecular weight excluding hydrogens is 330 g/mol. The van der Waals surface area contributed by atoms with Gasteiger partial charge in [0.2, 0.25) is 5.91 Å². The van der Waals surface area contributed by atoms with Crippen molar-refractivity contribution in [3.05, 3.63) is 23.3 Å². The van der Waals surface area contributed by atoms with E-state index >= 15 is 0 Å². The molecular formula is C19H31N5O2. The number of likely N-dealkylation sites (tertiary alicyclic amines) is 1. The molecule has 0 unspecified atom stereocenters. The highest BCUT2D eigenvalue weighted by atomic mass is 16.2. The van der Waals surface area contributed by atoms with Crippen LogP contribution in [0.4, 0.5) is 0 Å². The summed E-state index contributed by atoms with van der Waals surface area (Å²) in [6, 6.07) is -0.104. The maximum atomic E-state index is 12.6. The lowest BCUT2D eigenvalue weighted by Crippen LogP contribution is -2.43. The van der Waals surface area contributed by atoms with Gasteiger partial charge in [0.25, 0.3) is 5.91 Å². The second-order valence-electron chi connectivity index (χ2n) is 7.04. The lowest BCUT2D eigenvalue weighted by molar-refractivity contribution is -0.135. The Morgan fingerprint density at radius 2 is 1.92 bits per heavy atom. The molecule has 144 valence electrons. The van der Waals surface area contributed by atoms with E-state index in [-0.39, 0.29) is 17.9 Å². The van der Waals surface area contributed by atoms with Gasteiger partial charge in [-0.05, 0) is 54.1 Å². The summed E-state index contributed by atoms with van der Waals surface area (Å²) in [4.78, 5) is 39.8. The number of aryl methyl sites for hydroxylation is 1. The van der Waals surface area contributed by atoms with E-state index in [2.05, 4.69) is 9.97 Å². The van der Waals surface area contributed by atoms with Crippen molar-refractivity contribution in [3.8, 4) is 0 Å². The van der Waals surface area contributed by atoms with E-state index in [9.17, 15) is 9.59 Å². The zero-order valence-corrected chi connectivity index (χ0v) is 16.7. The summed E-state index contributed by atoms with van der Waals surface area (Å²) in [7, 11) is 3.79. The first-order valence-corrected chi connectivity index (χ1v) is 9.46. The molecule has 1 aliphatic heterocycles. The fraction of sp³-hybridized carbons (Fsp3) is 0.684. The monoisotopic (exact) mass is 361 g/mol. The Labute approximate surface area is 156 Å². The van der Waals surface area contributed by atoms with Crippen LogP contribution in [0.1, 0.15) is 61.0 Å². The van der Waals surface area contributed by atoms with Gasteiger partial charge in [-0.3, -0.25) is 9.59 Å². The Morgan fingerprint density at radius 3 is 2.50 bits per heavy atom. The van der Waals surface area contributed by atoms with Gasteiger partial charge in [0.15, 0.2) is 5.82 Å². The second-order valence-corrected chi connectivity index (χ2v) is 7.04. The predicted octanol–water partition coefficient (Wildman–Crippen LogP) is 1.88. The lowest BCUT2D eigenvalue weighted by Gasteiger charge is -2.35. The molecule has 2 amide bonds. The summed E-state index contributed by atoms with van der Waals surface area (Å²) in [5.74, 6) is 0.706. The quantitative estimate of drug-likeness (QED) is 0.774. The van der Waals surface area contributed by atoms with Crippen molar-refractivity contribution in [2.75, 3.05) is 40.3 Å². The van der Waals surface area contributed by atoms with Crippen LogP contribution in [0.25, 0.3) is 0 Å². The number of carbonyl (C=O) groups excluding carboxylic acids is 2. The first-order chi connectivity index (χ1) is 12.4. The third kappa shape index (κ3) is 4.58. The van der Waals surface area contributed by atoms with Crippen molar-refractivity contribution in [3.63, 3.8) is 0 Å². The third-order valence-electron chi connectivity index (χ3n) is 4.85. The van der Waals surface area contributed by atoms with Crippen LogP contribution in [0.3, 0.4) is 0 Å². The maximum absolute atomic E-state index is 12.6. The summed E-state index contributed by atoms with van der Waals surface area (Å²) in [5, 5.41) is 0. The first kappa shape index (κ1) is 20.3. The molecule has 1 fully saturated rings. The highest BCUT2D eigenvalue weighted by Crippen LogP contribution is 2.29. The summed E-state index contributed by atoms with van der Waals surface area (Å²) in [6.07, 6.45) is 4.55. The van der Waals surface area contributed by atoms with Crippen molar-refractivity contribution in [2.24, 2.45) is 0 Å². The van der Waals surface area contributed by atoms with E-state index in [1.807, 2.05) is 44.7 Å². The van der Waals surface area contributed by atoms with E-state index in [0.717, 1.165) is 25.8 Å². The van der Waals surface area contributed by atoms with Crippen LogP contribution >= 0.6 is 0 Å². The van der Waals surface area contributed by atoms with Gasteiger partial charge < -0.3 is 14.7 Å². The number of rotatable bonds is 6. The van der Waals surface area contributed by atoms with Gasteiger partial charge in [0.05, 0.1) is 23.8 Å². The molecule has 0 spiro atoms. The Balaban J connectivity index is 2.25. The first-order valence-electron chi connectivity index (χ1n) is 9.46. The van der Waals surface area contributed by atoms with Crippen LogP contribution in [0.15, 0.2) is 6.20 Å². The van der Waals surface area contributed by atoms with Gasteiger partial charge >= 0.3 is 0 Å². The Morgan fingerprint density at radius 1 is 1.23 bits per heavy atom. The molecule has 2 rings (SSSR count). The molecule has 0 radical (unpaired) electrons. The standard InChI is InChI=1S/C19H31N5O2/c1-6-23(7-2)19(26)15-12-20-18(21-14(15)3)16-10-8-9-11-24(16)17(25)13-22(4)5/h12,16H,6-11,13H2,1-5H3/t16-/m0/s1. The molecule has 1 aromatic heterocycles. The number of aromatic nitrogens is 2. The molecule has 7 heteroatoms. The highest BCUT2D eigenvalue weighted by molar-refractivity contribution is 5.94. The van der Waals surface area contributed by atoms with Crippen LogP contribution in [0.2, 0.25) is 0 Å². The number of likely N-dealkylation sites (N-methyl/N-ethyl adjacent to an activating group) is 1. The molecule has 0 aromatic carbocycles. The van der Waals surface area contributed by atoms with E-state index in [1.165, 1.54) is 0 Å². The molecule has 2 heterocycles. The van der Waals surface area contributed by atoms with E-state index in [4.69, 9.17) is 0 Å². The number of hydrogen-bond donors (Lipinski definition) is 0. The fourth-order valence-corrected chi connectivity index (χ4v) is 3.40. The van der Waals surface area contributed by atoms with Crippen LogP contribution < -0.4 is 0 Å². The normalized spacial score (nSPS) is 17.5. The van der Waals surface area contributed by atoms with Crippen LogP contribution in [0.5, 0.6) is 0 Å². The molecule has 0 N–H and O–H groups in total. The van der Waals surface area contributed by atoms with Crippen molar-refractivity contribution in [2.45, 2.75) is 46.1 Å². The molecule has 1 aromatic rings. The average Bonchev–Trinajstić information content (AvgIpc) is 2.62. The lowest BCUT2D eigenvalue weighted by atomic mass is 10.0. The molecule has 0 aliphatic carbocycles. The summed E-state index contributed by atoms with van der Waals surface area (Å²) in [6.45, 7) is 8.20. The predicted molar refractivity (Wildman–Crippen MR) is 101 cm³/mol. The molecule has 1 aliphatic rings. The summed E-state index contributed by atoms with van der Waals surface area (Å²) in [5.41, 5.74) is 1.22. The minimum Gasteiger partial charge on any atom is -0.339 e. The van der Waals surface area contributed by atoms with Gasteiger partial charge in [0.1, 0.15) is 0 Å². The maximum Gasteiger partial charge on any atom is 0.257 e. The summed E-state index contributed by atoms with van der Waals surface area (Å²) < 4.78 is 0. The average molecular weight is 361 g/mol. The van der Waals surface area contributed by atoms with Gasteiger partial charge in [-0.15, -0.1) is 0 Å². The highest BCUT2D eigenvalue weighted by Gasteiger charge is 2.30. The molecule has 7 nitrogen and oxygen atoms in total. The van der Waals surface area contributed by atoms with Gasteiger partial charge in [-0.1, -0.05) is 0 Å². The van der Waals surface area contributed by atoms with E-state index in [0.29, 0.717) is 36.7 Å². The second kappa shape index (κ2) is 9.07. The van der Waals surface area contributed by atoms with Crippen molar-refractivity contribution in [1.82, 2.24) is 24.7 Å². The van der Waals surface area contributed by atoms with Crippen LogP contribution in [-0.2, 0) is 4.79 Å². The number of nitrogens with zero attached hydrogens (tertiary/aromatic N) is 5. The zero-order valence-electron chi connectivity index (χ0n) is 16.7. The Hall–Kier alpha value is -2.02. The molecule has 0 saturated carbocycles. The number of piperidine rings is 1. The van der Waals surface area contributed by atoms with Gasteiger partial charge in [0, 0.05) is 25.8 Å². The van der Waals surface area contributed by atoms with E-state index in [1.54, 1.807) is 11.1 Å². The molecule has 1 atom stereocenters. The van der Waals surface area contributed by atoms with Crippen LogP contribution in [-0.4, -0.2) is 76.8 Å². The fourth-order valence-electron chi connectivity index (χ4n) is 3.40. The number of carbonyl (C=O) groups is 2. The van der Waals surface area contributed by atoms with Gasteiger partial charge in [-0.25, -0.2) is 9.97 Å². The molecule has 26 heavy (non-hydrogen) atoms. The topological polar surface area (TPSA) is 69.6 Å². The van der Waals surface area contributed by atoms with Crippen molar-refractivity contribution >= 4 is 11.8 Å². The van der Waals surface area contributed by atoms with Crippen LogP contribution in [0, 0.1) is 6.92 Å². The zero-order chi connectivity index (χ0) is 19.3. The van der Waals surface area contributed by atoms with E-state index < -0.39 is 0 Å². The minimum atomic E-state index is -0.104. The van der Waals surface area contributed by atoms with Crippen molar-refractivity contribution in [1.29, 1.82) is 0 Å². The molecule has 1 saturated heterocycles. The molecule has 0 bridgehead atoms. The number of hydrogen-bond acceptors (Lipinski definition) is 5. The minimum absolute atomic E-state index is 0.0387. The summed E-state index contributed by atoms with van der Waals surface area (Å²) >= 11 is 0. The van der Waals surface area contributed by atoms with Gasteiger partial charge in [-0.2, -0.15) is 0 Å². The Kier molecular flexibility index (Phi) is 7.08. The van der Waals surface area contributed by atoms with Crippen molar-refractivity contribution < 1.29 is 9.59 Å². The smallest absolute Gasteiger partial charge is 0.257 e. The SMILES string of the molecule is CCN(CC)C(=O)c1cnc([C@@H]2CCCCN2C(=O)CN(C)C)nc1C. The third-order valence-corrected chi connectivity index (χ3v) is 4.85.